The highest BCUT2D eigenvalue weighted by Crippen LogP contribution is 2.27. The minimum Gasteiger partial charge on any atom is -0.494 e. The maximum atomic E-state index is 6.22. The minimum absolute atomic E-state index is 0.334. The molecule has 2 rings (SSSR count). The van der Waals surface area contributed by atoms with Crippen LogP contribution in [0.2, 0.25) is 5.02 Å². The molecule has 0 aromatic heterocycles. The molecule has 0 aliphatic carbocycles. The average Bonchev–Trinajstić information content (AvgIpc) is 2.48. The first-order valence-corrected chi connectivity index (χ1v) is 7.48. The van der Waals surface area contributed by atoms with Crippen LogP contribution in [0.3, 0.4) is 0 Å². The van der Waals surface area contributed by atoms with E-state index in [0.717, 1.165) is 35.7 Å². The first-order valence-electron chi connectivity index (χ1n) is 6.69. The standard InChI is InChI=1S/C16H17ClN2OS/c1-2-9-20-13-6-4-12(5-7-13)19-15-8-3-11(16(18)21)10-14(15)17/h3-8,10,19H,2,9H2,1H3,(H2,18,21). The van der Waals surface area contributed by atoms with E-state index in [1.807, 2.05) is 36.4 Å². The SMILES string of the molecule is CCCOc1ccc(Nc2ccc(C(N)=S)cc2Cl)cc1. The number of benzene rings is 2. The van der Waals surface area contributed by atoms with E-state index in [2.05, 4.69) is 12.2 Å². The Bertz CT molecular complexity index is 629. The van der Waals surface area contributed by atoms with Crippen molar-refractivity contribution in [1.82, 2.24) is 0 Å². The Morgan fingerprint density at radius 2 is 1.95 bits per heavy atom. The molecule has 5 heteroatoms. The van der Waals surface area contributed by atoms with E-state index in [0.29, 0.717) is 10.0 Å². The van der Waals surface area contributed by atoms with Crippen LogP contribution in [0.25, 0.3) is 0 Å². The molecule has 21 heavy (non-hydrogen) atoms. The van der Waals surface area contributed by atoms with Crippen LogP contribution in [0.15, 0.2) is 42.5 Å². The van der Waals surface area contributed by atoms with Gasteiger partial charge < -0.3 is 15.8 Å². The third-order valence-corrected chi connectivity index (χ3v) is 3.41. The van der Waals surface area contributed by atoms with E-state index in [1.54, 1.807) is 6.07 Å². The summed E-state index contributed by atoms with van der Waals surface area (Å²) in [5.41, 5.74) is 8.07. The Morgan fingerprint density at radius 1 is 1.24 bits per heavy atom. The lowest BCUT2D eigenvalue weighted by Crippen LogP contribution is -2.09. The Balaban J connectivity index is 2.09. The summed E-state index contributed by atoms with van der Waals surface area (Å²) >= 11 is 11.1. The molecule has 0 radical (unpaired) electrons. The van der Waals surface area contributed by atoms with Gasteiger partial charge in [0.15, 0.2) is 0 Å². The Kier molecular flexibility index (Phi) is 5.42. The molecule has 0 aliphatic heterocycles. The highest BCUT2D eigenvalue weighted by molar-refractivity contribution is 7.80. The molecule has 0 atom stereocenters. The zero-order chi connectivity index (χ0) is 15.2. The fourth-order valence-electron chi connectivity index (χ4n) is 1.78. The maximum Gasteiger partial charge on any atom is 0.119 e. The fraction of sp³-hybridized carbons (Fsp3) is 0.188. The number of rotatable bonds is 6. The van der Waals surface area contributed by atoms with Crippen LogP contribution in [0, 0.1) is 0 Å². The number of nitrogens with one attached hydrogen (secondary N) is 1. The van der Waals surface area contributed by atoms with Crippen LogP contribution in [0.4, 0.5) is 11.4 Å². The van der Waals surface area contributed by atoms with Crippen LogP contribution < -0.4 is 15.8 Å². The average molecular weight is 321 g/mol. The molecule has 110 valence electrons. The van der Waals surface area contributed by atoms with Crippen molar-refractivity contribution in [2.24, 2.45) is 5.73 Å². The lowest BCUT2D eigenvalue weighted by Gasteiger charge is -2.11. The van der Waals surface area contributed by atoms with Crippen LogP contribution in [-0.2, 0) is 0 Å². The molecular formula is C16H17ClN2OS. The van der Waals surface area contributed by atoms with Gasteiger partial charge >= 0.3 is 0 Å². The van der Waals surface area contributed by atoms with Crippen molar-refractivity contribution in [2.75, 3.05) is 11.9 Å². The van der Waals surface area contributed by atoms with E-state index in [1.165, 1.54) is 0 Å². The van der Waals surface area contributed by atoms with E-state index in [9.17, 15) is 0 Å². The summed E-state index contributed by atoms with van der Waals surface area (Å²) in [6, 6.07) is 13.2. The normalized spacial score (nSPS) is 10.2. The topological polar surface area (TPSA) is 47.3 Å². The summed E-state index contributed by atoms with van der Waals surface area (Å²) in [5.74, 6) is 0.859. The second kappa shape index (κ2) is 7.29. The number of hydrogen-bond donors (Lipinski definition) is 2. The number of thiocarbonyl (C=S) groups is 1. The predicted molar refractivity (Wildman–Crippen MR) is 92.9 cm³/mol. The smallest absolute Gasteiger partial charge is 0.119 e. The second-order valence-electron chi connectivity index (χ2n) is 4.56. The van der Waals surface area contributed by atoms with Crippen molar-refractivity contribution in [3.63, 3.8) is 0 Å². The van der Waals surface area contributed by atoms with Crippen molar-refractivity contribution in [2.45, 2.75) is 13.3 Å². The van der Waals surface area contributed by atoms with Crippen LogP contribution >= 0.6 is 23.8 Å². The number of ether oxygens (including phenoxy) is 1. The van der Waals surface area contributed by atoms with Crippen molar-refractivity contribution < 1.29 is 4.74 Å². The van der Waals surface area contributed by atoms with Crippen LogP contribution in [0.5, 0.6) is 5.75 Å². The number of nitrogens with two attached hydrogens (primary N) is 1. The molecule has 0 aliphatic rings. The largest absolute Gasteiger partial charge is 0.494 e. The highest BCUT2D eigenvalue weighted by atomic mass is 35.5. The number of hydrogen-bond acceptors (Lipinski definition) is 3. The van der Waals surface area contributed by atoms with Crippen molar-refractivity contribution in [1.29, 1.82) is 0 Å². The molecular weight excluding hydrogens is 304 g/mol. The highest BCUT2D eigenvalue weighted by Gasteiger charge is 2.04. The van der Waals surface area contributed by atoms with Gasteiger partial charge in [-0.15, -0.1) is 0 Å². The van der Waals surface area contributed by atoms with E-state index in [4.69, 9.17) is 34.3 Å². The first-order chi connectivity index (χ1) is 10.1. The molecule has 0 saturated carbocycles. The molecule has 0 saturated heterocycles. The maximum absolute atomic E-state index is 6.22. The quantitative estimate of drug-likeness (QED) is 0.769. The molecule has 3 nitrogen and oxygen atoms in total. The molecule has 0 heterocycles. The molecule has 0 unspecified atom stereocenters. The van der Waals surface area contributed by atoms with Crippen molar-refractivity contribution in [3.05, 3.63) is 53.1 Å². The summed E-state index contributed by atoms with van der Waals surface area (Å²) in [6.07, 6.45) is 0.991. The third kappa shape index (κ3) is 4.34. The first kappa shape index (κ1) is 15.6. The second-order valence-corrected chi connectivity index (χ2v) is 5.40. The number of anilines is 2. The van der Waals surface area contributed by atoms with Gasteiger partial charge in [-0.3, -0.25) is 0 Å². The molecule has 0 amide bonds. The fourth-order valence-corrected chi connectivity index (χ4v) is 2.13. The minimum atomic E-state index is 0.334. The molecule has 2 aromatic carbocycles. The molecule has 0 bridgehead atoms. The summed E-state index contributed by atoms with van der Waals surface area (Å²) in [6.45, 7) is 2.80. The Hall–Kier alpha value is -1.78. The predicted octanol–water partition coefficient (Wildman–Crippen LogP) is 4.51. The Morgan fingerprint density at radius 3 is 2.52 bits per heavy atom. The molecule has 0 spiro atoms. The zero-order valence-electron chi connectivity index (χ0n) is 11.7. The third-order valence-electron chi connectivity index (χ3n) is 2.86. The van der Waals surface area contributed by atoms with Gasteiger partial charge in [0.25, 0.3) is 0 Å². The summed E-state index contributed by atoms with van der Waals surface area (Å²) in [7, 11) is 0. The van der Waals surface area contributed by atoms with Gasteiger partial charge in [0.2, 0.25) is 0 Å². The lowest BCUT2D eigenvalue weighted by molar-refractivity contribution is 0.317. The monoisotopic (exact) mass is 320 g/mol. The van der Waals surface area contributed by atoms with Gasteiger partial charge in [-0.1, -0.05) is 30.7 Å². The zero-order valence-corrected chi connectivity index (χ0v) is 13.3. The lowest BCUT2D eigenvalue weighted by atomic mass is 10.2. The van der Waals surface area contributed by atoms with Crippen LogP contribution in [-0.4, -0.2) is 11.6 Å². The van der Waals surface area contributed by atoms with Gasteiger partial charge in [-0.2, -0.15) is 0 Å². The van der Waals surface area contributed by atoms with Gasteiger partial charge in [0, 0.05) is 11.3 Å². The molecule has 3 N–H and O–H groups in total. The number of halogens is 1. The molecule has 2 aromatic rings. The van der Waals surface area contributed by atoms with E-state index >= 15 is 0 Å². The van der Waals surface area contributed by atoms with E-state index < -0.39 is 0 Å². The van der Waals surface area contributed by atoms with Gasteiger partial charge in [0.05, 0.1) is 17.3 Å². The van der Waals surface area contributed by atoms with Crippen molar-refractivity contribution >= 4 is 40.2 Å². The van der Waals surface area contributed by atoms with Gasteiger partial charge in [-0.05, 0) is 48.9 Å². The van der Waals surface area contributed by atoms with Crippen LogP contribution in [0.1, 0.15) is 18.9 Å². The summed E-state index contributed by atoms with van der Waals surface area (Å²) in [4.78, 5) is 0.334. The van der Waals surface area contributed by atoms with Gasteiger partial charge in [0.1, 0.15) is 10.7 Å². The molecule has 0 fully saturated rings. The van der Waals surface area contributed by atoms with Crippen molar-refractivity contribution in [3.8, 4) is 5.75 Å². The summed E-state index contributed by atoms with van der Waals surface area (Å²) < 4.78 is 5.54. The summed E-state index contributed by atoms with van der Waals surface area (Å²) in [5, 5.41) is 3.83. The van der Waals surface area contributed by atoms with E-state index in [-0.39, 0.29) is 0 Å². The Labute approximate surface area is 135 Å². The van der Waals surface area contributed by atoms with Gasteiger partial charge in [-0.25, -0.2) is 0 Å².